The molecule has 0 aliphatic rings. The Morgan fingerprint density at radius 2 is 2.26 bits per heavy atom. The van der Waals surface area contributed by atoms with Gasteiger partial charge in [0.2, 0.25) is 5.95 Å². The Kier molecular flexibility index (Phi) is 5.28. The SMILES string of the molecule is S=C(NCCCn1ccnc1)Nc1nccc(-c2cccs2)n1. The van der Waals surface area contributed by atoms with Crippen molar-refractivity contribution in [2.45, 2.75) is 13.0 Å². The molecule has 23 heavy (non-hydrogen) atoms. The monoisotopic (exact) mass is 344 g/mol. The summed E-state index contributed by atoms with van der Waals surface area (Å²) in [6, 6.07) is 5.92. The Balaban J connectivity index is 1.47. The molecule has 3 aromatic heterocycles. The molecule has 2 N–H and O–H groups in total. The second kappa shape index (κ2) is 7.80. The molecule has 0 amide bonds. The van der Waals surface area contributed by atoms with Crippen LogP contribution in [-0.4, -0.2) is 31.2 Å². The number of imidazole rings is 1. The normalized spacial score (nSPS) is 10.4. The first kappa shape index (κ1) is 15.6. The molecule has 0 aromatic carbocycles. The summed E-state index contributed by atoms with van der Waals surface area (Å²) in [4.78, 5) is 13.8. The van der Waals surface area contributed by atoms with Crippen molar-refractivity contribution < 1.29 is 0 Å². The van der Waals surface area contributed by atoms with Crippen LogP contribution in [0, 0.1) is 0 Å². The number of hydrogen-bond donors (Lipinski definition) is 2. The molecule has 0 saturated heterocycles. The quantitative estimate of drug-likeness (QED) is 0.529. The second-order valence-corrected chi connectivity index (χ2v) is 6.13. The van der Waals surface area contributed by atoms with E-state index in [1.807, 2.05) is 34.3 Å². The maximum atomic E-state index is 5.27. The van der Waals surface area contributed by atoms with Crippen molar-refractivity contribution in [2.24, 2.45) is 0 Å². The van der Waals surface area contributed by atoms with Gasteiger partial charge in [0.15, 0.2) is 5.11 Å². The van der Waals surface area contributed by atoms with Gasteiger partial charge in [-0.05, 0) is 36.2 Å². The molecular weight excluding hydrogens is 328 g/mol. The highest BCUT2D eigenvalue weighted by Crippen LogP contribution is 2.22. The minimum atomic E-state index is 0.503. The lowest BCUT2D eigenvalue weighted by molar-refractivity contribution is 0.632. The molecule has 6 nitrogen and oxygen atoms in total. The molecule has 0 atom stereocenters. The molecule has 3 heterocycles. The number of thiocarbonyl (C=S) groups is 1. The Bertz CT molecular complexity index is 739. The zero-order chi connectivity index (χ0) is 15.9. The van der Waals surface area contributed by atoms with Gasteiger partial charge >= 0.3 is 0 Å². The van der Waals surface area contributed by atoms with Gasteiger partial charge in [0.25, 0.3) is 0 Å². The van der Waals surface area contributed by atoms with Gasteiger partial charge in [0.1, 0.15) is 0 Å². The third-order valence-electron chi connectivity index (χ3n) is 3.09. The largest absolute Gasteiger partial charge is 0.362 e. The third-order valence-corrected chi connectivity index (χ3v) is 4.23. The van der Waals surface area contributed by atoms with Crippen LogP contribution >= 0.6 is 23.6 Å². The molecule has 0 radical (unpaired) electrons. The number of hydrogen-bond acceptors (Lipinski definition) is 5. The summed E-state index contributed by atoms with van der Waals surface area (Å²) in [5.74, 6) is 0.503. The molecule has 0 aliphatic heterocycles. The van der Waals surface area contributed by atoms with Gasteiger partial charge in [-0.3, -0.25) is 0 Å². The first-order valence-corrected chi connectivity index (χ1v) is 8.47. The van der Waals surface area contributed by atoms with E-state index in [0.29, 0.717) is 11.1 Å². The molecule has 3 rings (SSSR count). The van der Waals surface area contributed by atoms with Gasteiger partial charge in [-0.2, -0.15) is 0 Å². The van der Waals surface area contributed by atoms with E-state index in [0.717, 1.165) is 30.1 Å². The van der Waals surface area contributed by atoms with Gasteiger partial charge < -0.3 is 15.2 Å². The summed E-state index contributed by atoms with van der Waals surface area (Å²) in [6.45, 7) is 1.68. The number of aromatic nitrogens is 4. The number of thiophene rings is 1. The van der Waals surface area contributed by atoms with Crippen molar-refractivity contribution in [2.75, 3.05) is 11.9 Å². The van der Waals surface area contributed by atoms with E-state index in [1.54, 1.807) is 30.1 Å². The van der Waals surface area contributed by atoms with Crippen LogP contribution in [0.1, 0.15) is 6.42 Å². The molecular formula is C15H16N6S2. The first-order chi connectivity index (χ1) is 11.3. The summed E-state index contributed by atoms with van der Waals surface area (Å²) in [5, 5.41) is 8.73. The van der Waals surface area contributed by atoms with Crippen LogP contribution in [0.15, 0.2) is 48.5 Å². The van der Waals surface area contributed by atoms with Crippen molar-refractivity contribution in [3.05, 3.63) is 48.5 Å². The minimum absolute atomic E-state index is 0.503. The molecule has 0 bridgehead atoms. The average molecular weight is 344 g/mol. The van der Waals surface area contributed by atoms with Crippen LogP contribution < -0.4 is 10.6 Å². The standard InChI is InChI=1S/C15H16N6S2/c22-15(18-5-2-8-21-9-7-16-11-21)20-14-17-6-4-12(19-14)13-3-1-10-23-13/h1,3-4,6-7,9-11H,2,5,8H2,(H2,17,18,19,20,22). The number of aryl methyl sites for hydroxylation is 1. The predicted molar refractivity (Wildman–Crippen MR) is 96.4 cm³/mol. The van der Waals surface area contributed by atoms with E-state index >= 15 is 0 Å². The number of anilines is 1. The van der Waals surface area contributed by atoms with Crippen LogP contribution in [0.2, 0.25) is 0 Å². The topological polar surface area (TPSA) is 67.7 Å². The molecule has 0 spiro atoms. The third kappa shape index (κ3) is 4.57. The summed E-state index contributed by atoms with van der Waals surface area (Å²) in [7, 11) is 0. The van der Waals surface area contributed by atoms with Crippen molar-refractivity contribution in [3.8, 4) is 10.6 Å². The number of nitrogens with zero attached hydrogens (tertiary/aromatic N) is 4. The molecule has 3 aromatic rings. The van der Waals surface area contributed by atoms with E-state index in [1.165, 1.54) is 0 Å². The van der Waals surface area contributed by atoms with Crippen molar-refractivity contribution in [1.82, 2.24) is 24.8 Å². The summed E-state index contributed by atoms with van der Waals surface area (Å²) in [5.41, 5.74) is 0.889. The summed E-state index contributed by atoms with van der Waals surface area (Å²) in [6.07, 6.45) is 8.21. The maximum absolute atomic E-state index is 5.27. The molecule has 0 saturated carbocycles. The predicted octanol–water partition coefficient (Wildman–Crippen LogP) is 2.78. The van der Waals surface area contributed by atoms with E-state index in [9.17, 15) is 0 Å². The lowest BCUT2D eigenvalue weighted by Gasteiger charge is -2.10. The number of rotatable bonds is 6. The van der Waals surface area contributed by atoms with Gasteiger partial charge in [-0.1, -0.05) is 6.07 Å². The fourth-order valence-electron chi connectivity index (χ4n) is 2.01. The van der Waals surface area contributed by atoms with E-state index in [2.05, 4.69) is 25.6 Å². The van der Waals surface area contributed by atoms with Crippen LogP contribution in [0.4, 0.5) is 5.95 Å². The Hall–Kier alpha value is -2.32. The molecule has 118 valence electrons. The minimum Gasteiger partial charge on any atom is -0.362 e. The van der Waals surface area contributed by atoms with Crippen LogP contribution in [-0.2, 0) is 6.54 Å². The second-order valence-electron chi connectivity index (χ2n) is 4.78. The molecule has 0 fully saturated rings. The Morgan fingerprint density at radius 3 is 3.04 bits per heavy atom. The van der Waals surface area contributed by atoms with E-state index < -0.39 is 0 Å². The van der Waals surface area contributed by atoms with Crippen LogP contribution in [0.3, 0.4) is 0 Å². The highest BCUT2D eigenvalue weighted by atomic mass is 32.1. The lowest BCUT2D eigenvalue weighted by Crippen LogP contribution is -2.30. The van der Waals surface area contributed by atoms with Gasteiger partial charge in [0, 0.05) is 31.7 Å². The smallest absolute Gasteiger partial charge is 0.229 e. The molecule has 8 heteroatoms. The van der Waals surface area contributed by atoms with Gasteiger partial charge in [-0.25, -0.2) is 15.0 Å². The summed E-state index contributed by atoms with van der Waals surface area (Å²) < 4.78 is 2.03. The molecule has 0 unspecified atom stereocenters. The fourth-order valence-corrected chi connectivity index (χ4v) is 2.90. The lowest BCUT2D eigenvalue weighted by atomic mass is 10.3. The zero-order valence-corrected chi connectivity index (χ0v) is 14.0. The Labute approximate surface area is 143 Å². The fraction of sp³-hybridized carbons (Fsp3) is 0.200. The Morgan fingerprint density at radius 1 is 1.30 bits per heavy atom. The van der Waals surface area contributed by atoms with Crippen molar-refractivity contribution >= 4 is 34.6 Å². The molecule has 0 aliphatic carbocycles. The van der Waals surface area contributed by atoms with E-state index in [4.69, 9.17) is 12.2 Å². The van der Waals surface area contributed by atoms with Gasteiger partial charge in [0.05, 0.1) is 16.9 Å². The highest BCUT2D eigenvalue weighted by Gasteiger charge is 2.04. The zero-order valence-electron chi connectivity index (χ0n) is 12.3. The number of nitrogens with one attached hydrogen (secondary N) is 2. The van der Waals surface area contributed by atoms with Crippen LogP contribution in [0.5, 0.6) is 0 Å². The van der Waals surface area contributed by atoms with E-state index in [-0.39, 0.29) is 0 Å². The average Bonchev–Trinajstić information content (AvgIpc) is 3.25. The highest BCUT2D eigenvalue weighted by molar-refractivity contribution is 7.80. The first-order valence-electron chi connectivity index (χ1n) is 7.19. The van der Waals surface area contributed by atoms with Gasteiger partial charge in [-0.15, -0.1) is 11.3 Å². The maximum Gasteiger partial charge on any atom is 0.229 e. The van der Waals surface area contributed by atoms with Crippen molar-refractivity contribution in [3.63, 3.8) is 0 Å². The van der Waals surface area contributed by atoms with Crippen LogP contribution in [0.25, 0.3) is 10.6 Å². The summed E-state index contributed by atoms with van der Waals surface area (Å²) >= 11 is 6.92. The van der Waals surface area contributed by atoms with Crippen molar-refractivity contribution in [1.29, 1.82) is 0 Å².